The van der Waals surface area contributed by atoms with Crippen molar-refractivity contribution in [2.45, 2.75) is 68.9 Å². The first kappa shape index (κ1) is 18.0. The van der Waals surface area contributed by atoms with E-state index in [1.54, 1.807) is 0 Å². The summed E-state index contributed by atoms with van der Waals surface area (Å²) >= 11 is 0. The van der Waals surface area contributed by atoms with Crippen LogP contribution in [0.4, 0.5) is 0 Å². The van der Waals surface area contributed by atoms with Gasteiger partial charge in [0.1, 0.15) is 36.3 Å². The van der Waals surface area contributed by atoms with Crippen LogP contribution in [-0.2, 0) is 14.3 Å². The van der Waals surface area contributed by atoms with Gasteiger partial charge in [0.15, 0.2) is 0 Å². The number of fused-ring (bicyclic) bond motifs is 5. The number of piperidine rings is 1. The molecule has 0 aromatic heterocycles. The molecule has 0 aliphatic carbocycles. The lowest BCUT2D eigenvalue weighted by molar-refractivity contribution is -0.956. The van der Waals surface area contributed by atoms with Crippen LogP contribution in [0, 0.1) is 0 Å². The van der Waals surface area contributed by atoms with Gasteiger partial charge < -0.3 is 19.1 Å². The quantitative estimate of drug-likeness (QED) is 0.460. The summed E-state index contributed by atoms with van der Waals surface area (Å²) in [5.41, 5.74) is 0.813. The maximum atomic E-state index is 12.7. The average Bonchev–Trinajstić information content (AvgIpc) is 3.40. The third-order valence-corrected chi connectivity index (χ3v) is 6.79. The topological polar surface area (TPSA) is 59.1 Å². The minimum atomic E-state index is -0.595. The molecule has 1 aromatic rings. The third-order valence-electron chi connectivity index (χ3n) is 6.79. The number of esters is 1. The van der Waals surface area contributed by atoms with Crippen molar-refractivity contribution in [2.24, 2.45) is 0 Å². The van der Waals surface area contributed by atoms with Gasteiger partial charge in [-0.25, -0.2) is 0 Å². The Hall–Kier alpha value is -1.43. The first-order valence-corrected chi connectivity index (χ1v) is 9.95. The molecule has 3 saturated heterocycles. The molecule has 0 spiro atoms. The van der Waals surface area contributed by atoms with E-state index in [9.17, 15) is 9.90 Å². The van der Waals surface area contributed by atoms with Crippen LogP contribution in [0.2, 0.25) is 0 Å². The summed E-state index contributed by atoms with van der Waals surface area (Å²) in [6.45, 7) is 3.20. The van der Waals surface area contributed by atoms with Crippen LogP contribution in [0.3, 0.4) is 0 Å². The standard InChI is InChI=1S/C21H30NO4/c1-3-4-10-22(2)17-11-15(12-18(22)20-19(17)26-20)25-21(24)16(13-23)14-8-6-5-7-9-14/h5-9,15-20,23H,3-4,10-13H2,1-2H3/q+1/t15?,16-,17+,18+,19+,20+,22?/m1/s1. The maximum absolute atomic E-state index is 12.7. The number of benzene rings is 1. The summed E-state index contributed by atoms with van der Waals surface area (Å²) in [6.07, 6.45) is 4.83. The number of hydrogen-bond donors (Lipinski definition) is 1. The van der Waals surface area contributed by atoms with Crippen molar-refractivity contribution < 1.29 is 23.9 Å². The summed E-state index contributed by atoms with van der Waals surface area (Å²) in [7, 11) is 2.36. The fourth-order valence-electron chi connectivity index (χ4n) is 5.23. The Morgan fingerprint density at radius 3 is 2.50 bits per heavy atom. The Balaban J connectivity index is 1.42. The number of unbranched alkanes of at least 4 members (excludes halogenated alkanes) is 1. The van der Waals surface area contributed by atoms with Crippen LogP contribution in [0.25, 0.3) is 0 Å². The number of quaternary nitrogens is 1. The molecule has 3 aliphatic heterocycles. The molecule has 142 valence electrons. The number of morpholine rings is 1. The number of likely N-dealkylation sites (N-methyl/N-ethyl adjacent to an activating group) is 1. The van der Waals surface area contributed by atoms with Gasteiger partial charge in [0.25, 0.3) is 0 Å². The molecule has 2 bridgehead atoms. The molecule has 5 heteroatoms. The Kier molecular flexibility index (Phi) is 4.80. The van der Waals surface area contributed by atoms with Crippen LogP contribution < -0.4 is 0 Å². The van der Waals surface area contributed by atoms with Crippen LogP contribution in [-0.4, -0.2) is 66.2 Å². The maximum Gasteiger partial charge on any atom is 0.316 e. The number of carbonyl (C=O) groups is 1. The van der Waals surface area contributed by atoms with Gasteiger partial charge in [0.2, 0.25) is 0 Å². The molecule has 5 atom stereocenters. The molecular weight excluding hydrogens is 330 g/mol. The Bertz CT molecular complexity index is 631. The van der Waals surface area contributed by atoms with Gasteiger partial charge in [-0.05, 0) is 12.0 Å². The zero-order valence-electron chi connectivity index (χ0n) is 15.7. The summed E-state index contributed by atoms with van der Waals surface area (Å²) in [6, 6.07) is 10.3. The Morgan fingerprint density at radius 2 is 1.92 bits per heavy atom. The van der Waals surface area contributed by atoms with Gasteiger partial charge in [0, 0.05) is 12.8 Å². The molecule has 0 saturated carbocycles. The number of rotatable bonds is 7. The van der Waals surface area contributed by atoms with E-state index in [0.717, 1.165) is 22.9 Å². The molecule has 5 nitrogen and oxygen atoms in total. The van der Waals surface area contributed by atoms with E-state index < -0.39 is 5.92 Å². The highest BCUT2D eigenvalue weighted by molar-refractivity contribution is 5.78. The number of carbonyl (C=O) groups excluding carboxylic acids is 1. The molecule has 0 amide bonds. The molecule has 4 rings (SSSR count). The molecule has 3 aliphatic rings. The number of epoxide rings is 1. The van der Waals surface area contributed by atoms with Crippen molar-refractivity contribution in [1.82, 2.24) is 0 Å². The average molecular weight is 360 g/mol. The minimum absolute atomic E-state index is 0.0560. The second-order valence-electron chi connectivity index (χ2n) is 8.30. The number of aliphatic hydroxyl groups excluding tert-OH is 1. The molecule has 3 heterocycles. The van der Waals surface area contributed by atoms with E-state index in [1.165, 1.54) is 19.4 Å². The van der Waals surface area contributed by atoms with Crippen LogP contribution in [0.1, 0.15) is 44.1 Å². The number of hydrogen-bond acceptors (Lipinski definition) is 4. The SMILES string of the molecule is CCCC[N+]1(C)[C@H]2CC(OC(=O)[C@H](CO)c3ccccc3)C[C@H]1[C@@H]1O[C@H]12. The van der Waals surface area contributed by atoms with E-state index in [4.69, 9.17) is 9.47 Å². The number of nitrogens with zero attached hydrogens (tertiary/aromatic N) is 1. The molecule has 3 fully saturated rings. The monoisotopic (exact) mass is 360 g/mol. The lowest BCUT2D eigenvalue weighted by Crippen LogP contribution is -2.62. The minimum Gasteiger partial charge on any atom is -0.461 e. The predicted molar refractivity (Wildman–Crippen MR) is 97.6 cm³/mol. The number of aliphatic hydroxyl groups is 1. The zero-order valence-corrected chi connectivity index (χ0v) is 15.7. The summed E-state index contributed by atoms with van der Waals surface area (Å²) in [5, 5.41) is 9.70. The Labute approximate surface area is 155 Å². The third kappa shape index (κ3) is 2.96. The highest BCUT2D eigenvalue weighted by Crippen LogP contribution is 2.52. The summed E-state index contributed by atoms with van der Waals surface area (Å²) in [4.78, 5) is 12.7. The molecule has 0 unspecified atom stereocenters. The zero-order chi connectivity index (χ0) is 18.3. The van der Waals surface area contributed by atoms with Crippen LogP contribution >= 0.6 is 0 Å². The highest BCUT2D eigenvalue weighted by Gasteiger charge is 2.71. The molecule has 1 aromatic carbocycles. The van der Waals surface area contributed by atoms with Gasteiger partial charge in [-0.1, -0.05) is 43.7 Å². The van der Waals surface area contributed by atoms with Gasteiger partial charge in [-0.2, -0.15) is 0 Å². The van der Waals surface area contributed by atoms with Crippen molar-refractivity contribution >= 4 is 5.97 Å². The first-order valence-electron chi connectivity index (χ1n) is 9.95. The smallest absolute Gasteiger partial charge is 0.316 e. The highest BCUT2D eigenvalue weighted by atomic mass is 16.6. The van der Waals surface area contributed by atoms with E-state index >= 15 is 0 Å². The van der Waals surface area contributed by atoms with Crippen molar-refractivity contribution in [2.75, 3.05) is 20.2 Å². The van der Waals surface area contributed by atoms with E-state index in [0.29, 0.717) is 24.3 Å². The van der Waals surface area contributed by atoms with Crippen molar-refractivity contribution in [3.05, 3.63) is 35.9 Å². The van der Waals surface area contributed by atoms with E-state index in [1.807, 2.05) is 30.3 Å². The molecule has 26 heavy (non-hydrogen) atoms. The fraction of sp³-hybridized carbons (Fsp3) is 0.667. The fourth-order valence-corrected chi connectivity index (χ4v) is 5.23. The van der Waals surface area contributed by atoms with Gasteiger partial charge in [0.05, 0.1) is 20.2 Å². The normalized spacial score (nSPS) is 38.5. The van der Waals surface area contributed by atoms with E-state index in [2.05, 4.69) is 14.0 Å². The largest absolute Gasteiger partial charge is 0.461 e. The first-order chi connectivity index (χ1) is 12.6. The molecule has 1 N–H and O–H groups in total. The molecule has 0 radical (unpaired) electrons. The second kappa shape index (κ2) is 6.95. The summed E-state index contributed by atoms with van der Waals surface area (Å²) < 4.78 is 12.9. The predicted octanol–water partition coefficient (Wildman–Crippen LogP) is 2.23. The Morgan fingerprint density at radius 1 is 1.27 bits per heavy atom. The van der Waals surface area contributed by atoms with Crippen molar-refractivity contribution in [1.29, 1.82) is 0 Å². The van der Waals surface area contributed by atoms with Gasteiger partial charge in [-0.15, -0.1) is 0 Å². The molecular formula is C21H30NO4+. The van der Waals surface area contributed by atoms with Crippen molar-refractivity contribution in [3.8, 4) is 0 Å². The van der Waals surface area contributed by atoms with Gasteiger partial charge >= 0.3 is 5.97 Å². The summed E-state index contributed by atoms with van der Waals surface area (Å²) in [5.74, 6) is -0.898. The number of ether oxygens (including phenoxy) is 2. The van der Waals surface area contributed by atoms with Crippen molar-refractivity contribution in [3.63, 3.8) is 0 Å². The van der Waals surface area contributed by atoms with Crippen LogP contribution in [0.15, 0.2) is 30.3 Å². The second-order valence-corrected chi connectivity index (χ2v) is 8.30. The van der Waals surface area contributed by atoms with Crippen LogP contribution in [0.5, 0.6) is 0 Å². The van der Waals surface area contributed by atoms with E-state index in [-0.39, 0.29) is 18.7 Å². The lowest BCUT2D eigenvalue weighted by atomic mass is 9.94. The lowest BCUT2D eigenvalue weighted by Gasteiger charge is -2.48. The van der Waals surface area contributed by atoms with Gasteiger partial charge in [-0.3, -0.25) is 4.79 Å².